The molecule has 0 unspecified atom stereocenters. The van der Waals surface area contributed by atoms with Crippen LogP contribution in [0, 0.1) is 0 Å². The second-order valence-corrected chi connectivity index (χ2v) is 7.12. The minimum absolute atomic E-state index is 0.0217. The first-order valence-electron chi connectivity index (χ1n) is 8.55. The second-order valence-electron chi connectivity index (χ2n) is 6.25. The van der Waals surface area contributed by atoms with Crippen LogP contribution in [0.2, 0.25) is 0 Å². The van der Waals surface area contributed by atoms with E-state index >= 15 is 0 Å². The van der Waals surface area contributed by atoms with Gasteiger partial charge in [-0.2, -0.15) is 0 Å². The van der Waals surface area contributed by atoms with Gasteiger partial charge in [0.15, 0.2) is 0 Å². The zero-order valence-corrected chi connectivity index (χ0v) is 15.9. The lowest BCUT2D eigenvalue weighted by atomic mass is 10.1. The van der Waals surface area contributed by atoms with Crippen molar-refractivity contribution in [2.75, 3.05) is 0 Å². The van der Waals surface area contributed by atoms with Gasteiger partial charge < -0.3 is 5.11 Å². The maximum Gasteiger partial charge on any atom is 0.334 e. The van der Waals surface area contributed by atoms with Crippen molar-refractivity contribution in [2.45, 2.75) is 32.9 Å². The van der Waals surface area contributed by atoms with E-state index in [4.69, 9.17) is 0 Å². The molecule has 0 radical (unpaired) electrons. The monoisotopic (exact) mass is 384 g/mol. The van der Waals surface area contributed by atoms with E-state index in [1.165, 1.54) is 22.1 Å². The SMILES string of the molecule is CC(C)n1c(=O)c(/C=N/c2nccs2)c(O)n(CCc2ccccc2)c1=O. The van der Waals surface area contributed by atoms with E-state index in [0.717, 1.165) is 10.1 Å². The molecule has 7 nitrogen and oxygen atoms in total. The molecular formula is C19H20N4O3S. The molecule has 3 rings (SSSR count). The highest BCUT2D eigenvalue weighted by Crippen LogP contribution is 2.16. The largest absolute Gasteiger partial charge is 0.494 e. The van der Waals surface area contributed by atoms with Crippen LogP contribution in [0.15, 0.2) is 56.5 Å². The Balaban J connectivity index is 2.06. The summed E-state index contributed by atoms with van der Waals surface area (Å²) in [5.41, 5.74) is -0.0886. The fourth-order valence-corrected chi connectivity index (χ4v) is 3.21. The molecule has 0 aliphatic heterocycles. The summed E-state index contributed by atoms with van der Waals surface area (Å²) >= 11 is 1.31. The Hall–Kier alpha value is -3.00. The molecule has 0 aliphatic carbocycles. The lowest BCUT2D eigenvalue weighted by molar-refractivity contribution is 0.381. The highest BCUT2D eigenvalue weighted by atomic mass is 32.1. The predicted octanol–water partition coefficient (Wildman–Crippen LogP) is 2.75. The average molecular weight is 384 g/mol. The maximum atomic E-state index is 12.8. The molecule has 1 N–H and O–H groups in total. The van der Waals surface area contributed by atoms with Gasteiger partial charge in [-0.3, -0.25) is 13.9 Å². The minimum Gasteiger partial charge on any atom is -0.494 e. The molecule has 2 heterocycles. The molecule has 0 bridgehead atoms. The number of thiazole rings is 1. The summed E-state index contributed by atoms with van der Waals surface area (Å²) in [7, 11) is 0. The summed E-state index contributed by atoms with van der Waals surface area (Å²) < 4.78 is 2.35. The number of benzene rings is 1. The summed E-state index contributed by atoms with van der Waals surface area (Å²) in [6.45, 7) is 3.76. The van der Waals surface area contributed by atoms with Crippen LogP contribution in [0.3, 0.4) is 0 Å². The first kappa shape index (κ1) is 18.8. The maximum absolute atomic E-state index is 12.8. The van der Waals surface area contributed by atoms with E-state index in [1.807, 2.05) is 30.3 Å². The lowest BCUT2D eigenvalue weighted by Gasteiger charge is -2.16. The standard InChI is InChI=1S/C19H20N4O3S/c1-13(2)23-17(25)15(12-21-18-20-9-11-27-18)16(24)22(19(23)26)10-8-14-6-4-3-5-7-14/h3-7,9,11-13,24H,8,10H2,1-2H3/b21-12+. The summed E-state index contributed by atoms with van der Waals surface area (Å²) in [4.78, 5) is 33.7. The molecule has 0 spiro atoms. The summed E-state index contributed by atoms with van der Waals surface area (Å²) in [6.07, 6.45) is 3.42. The van der Waals surface area contributed by atoms with Gasteiger partial charge in [0.1, 0.15) is 5.56 Å². The summed E-state index contributed by atoms with van der Waals surface area (Å²) in [5, 5.41) is 12.8. The molecule has 0 amide bonds. The van der Waals surface area contributed by atoms with Gasteiger partial charge in [-0.25, -0.2) is 14.8 Å². The Labute approximate surface area is 159 Å². The predicted molar refractivity (Wildman–Crippen MR) is 107 cm³/mol. The normalized spacial score (nSPS) is 11.5. The fraction of sp³-hybridized carbons (Fsp3) is 0.263. The van der Waals surface area contributed by atoms with Crippen LogP contribution in [0.4, 0.5) is 5.13 Å². The fourth-order valence-electron chi connectivity index (χ4n) is 2.73. The number of aromatic hydroxyl groups is 1. The van der Waals surface area contributed by atoms with Crippen molar-refractivity contribution in [1.29, 1.82) is 0 Å². The number of hydrogen-bond acceptors (Lipinski definition) is 6. The van der Waals surface area contributed by atoms with Gasteiger partial charge in [0, 0.05) is 30.4 Å². The molecule has 140 valence electrons. The highest BCUT2D eigenvalue weighted by Gasteiger charge is 2.19. The average Bonchev–Trinajstić information content (AvgIpc) is 3.15. The quantitative estimate of drug-likeness (QED) is 0.662. The number of hydrogen-bond donors (Lipinski definition) is 1. The van der Waals surface area contributed by atoms with Crippen LogP contribution < -0.4 is 11.2 Å². The van der Waals surface area contributed by atoms with Crippen LogP contribution in [-0.2, 0) is 13.0 Å². The second kappa shape index (κ2) is 8.13. The van der Waals surface area contributed by atoms with E-state index in [-0.39, 0.29) is 24.0 Å². The molecule has 0 atom stereocenters. The first-order chi connectivity index (χ1) is 13.0. The third-order valence-corrected chi connectivity index (χ3v) is 4.77. The van der Waals surface area contributed by atoms with Crippen molar-refractivity contribution < 1.29 is 5.11 Å². The minimum atomic E-state index is -0.566. The van der Waals surface area contributed by atoms with Gasteiger partial charge in [0.2, 0.25) is 11.0 Å². The van der Waals surface area contributed by atoms with E-state index in [2.05, 4.69) is 9.98 Å². The summed E-state index contributed by atoms with van der Waals surface area (Å²) in [5.74, 6) is -0.377. The van der Waals surface area contributed by atoms with Gasteiger partial charge in [-0.1, -0.05) is 30.3 Å². The molecule has 3 aromatic rings. The van der Waals surface area contributed by atoms with Crippen LogP contribution in [0.25, 0.3) is 0 Å². The van der Waals surface area contributed by atoms with Gasteiger partial charge in [0.25, 0.3) is 5.56 Å². The van der Waals surface area contributed by atoms with Crippen molar-refractivity contribution in [3.8, 4) is 5.88 Å². The van der Waals surface area contributed by atoms with Gasteiger partial charge >= 0.3 is 5.69 Å². The molecule has 2 aromatic heterocycles. The van der Waals surface area contributed by atoms with Crippen molar-refractivity contribution in [1.82, 2.24) is 14.1 Å². The van der Waals surface area contributed by atoms with E-state index in [9.17, 15) is 14.7 Å². The molecule has 0 saturated heterocycles. The van der Waals surface area contributed by atoms with Crippen molar-refractivity contribution in [3.05, 3.63) is 73.9 Å². The third-order valence-electron chi connectivity index (χ3n) is 4.09. The topological polar surface area (TPSA) is 89.5 Å². The van der Waals surface area contributed by atoms with E-state index < -0.39 is 11.2 Å². The van der Waals surface area contributed by atoms with Gasteiger partial charge in [-0.05, 0) is 25.8 Å². The van der Waals surface area contributed by atoms with E-state index in [0.29, 0.717) is 11.6 Å². The Morgan fingerprint density at radius 2 is 2.00 bits per heavy atom. The molecule has 0 aliphatic rings. The van der Waals surface area contributed by atoms with Crippen LogP contribution in [-0.4, -0.2) is 25.4 Å². The number of aromatic nitrogens is 3. The number of aryl methyl sites for hydroxylation is 1. The molecule has 0 fully saturated rings. The zero-order chi connectivity index (χ0) is 19.4. The van der Waals surface area contributed by atoms with Crippen LogP contribution >= 0.6 is 11.3 Å². The Kier molecular flexibility index (Phi) is 5.66. The number of nitrogens with zero attached hydrogens (tertiary/aromatic N) is 4. The Morgan fingerprint density at radius 1 is 1.26 bits per heavy atom. The van der Waals surface area contributed by atoms with E-state index in [1.54, 1.807) is 25.4 Å². The number of aliphatic imine (C=N–C) groups is 1. The zero-order valence-electron chi connectivity index (χ0n) is 15.1. The lowest BCUT2D eigenvalue weighted by Crippen LogP contribution is -2.42. The Morgan fingerprint density at radius 3 is 2.63 bits per heavy atom. The van der Waals surface area contributed by atoms with Crippen molar-refractivity contribution in [3.63, 3.8) is 0 Å². The number of rotatable bonds is 6. The smallest absolute Gasteiger partial charge is 0.334 e. The van der Waals surface area contributed by atoms with Crippen LogP contribution in [0.1, 0.15) is 31.0 Å². The highest BCUT2D eigenvalue weighted by molar-refractivity contribution is 7.13. The molecule has 1 aromatic carbocycles. The Bertz CT molecular complexity index is 1050. The van der Waals surface area contributed by atoms with Crippen molar-refractivity contribution in [2.24, 2.45) is 4.99 Å². The first-order valence-corrected chi connectivity index (χ1v) is 9.42. The van der Waals surface area contributed by atoms with Crippen molar-refractivity contribution >= 4 is 22.7 Å². The molecular weight excluding hydrogens is 364 g/mol. The third kappa shape index (κ3) is 4.06. The summed E-state index contributed by atoms with van der Waals surface area (Å²) in [6, 6.07) is 9.30. The van der Waals surface area contributed by atoms with Gasteiger partial charge in [0.05, 0.1) is 0 Å². The van der Waals surface area contributed by atoms with Crippen LogP contribution in [0.5, 0.6) is 5.88 Å². The molecule has 8 heteroatoms. The molecule has 27 heavy (non-hydrogen) atoms. The van der Waals surface area contributed by atoms with Gasteiger partial charge in [-0.15, -0.1) is 11.3 Å². The molecule has 0 saturated carbocycles.